The SMILES string of the molecule is [AlH3].[CH2]CCC. The normalized spacial score (nSPS) is 6.00. The van der Waals surface area contributed by atoms with Crippen molar-refractivity contribution in [2.24, 2.45) is 0 Å². The fraction of sp³-hybridized carbons (Fsp3) is 0.750. The Hall–Kier alpha value is 0.532. The van der Waals surface area contributed by atoms with Crippen LogP contribution in [-0.2, 0) is 0 Å². The molecule has 1 heteroatoms. The Morgan fingerprint density at radius 1 is 1.60 bits per heavy atom. The molecule has 31 valence electrons. The van der Waals surface area contributed by atoms with Crippen LogP contribution < -0.4 is 0 Å². The average Bonchev–Trinajstić information content (AvgIpc) is 1.37. The molecular formula is C4H12Al. The quantitative estimate of drug-likeness (QED) is 0.407. The maximum absolute atomic E-state index is 3.60. The summed E-state index contributed by atoms with van der Waals surface area (Å²) >= 11 is 0. The van der Waals surface area contributed by atoms with Crippen LogP contribution in [0.1, 0.15) is 19.8 Å². The Balaban J connectivity index is 0. The van der Waals surface area contributed by atoms with Crippen LogP contribution in [-0.4, -0.2) is 17.4 Å². The van der Waals surface area contributed by atoms with E-state index in [1.54, 1.807) is 0 Å². The van der Waals surface area contributed by atoms with Crippen molar-refractivity contribution in [2.75, 3.05) is 0 Å². The Morgan fingerprint density at radius 2 is 1.80 bits per heavy atom. The molecule has 0 fully saturated rings. The van der Waals surface area contributed by atoms with E-state index < -0.39 is 0 Å². The van der Waals surface area contributed by atoms with Crippen molar-refractivity contribution in [3.05, 3.63) is 6.92 Å². The zero-order valence-electron chi connectivity index (χ0n) is 3.12. The van der Waals surface area contributed by atoms with E-state index in [1.165, 1.54) is 6.42 Å². The van der Waals surface area contributed by atoms with Crippen molar-refractivity contribution in [3.8, 4) is 0 Å². The Kier molecular flexibility index (Phi) is 16.1. The minimum absolute atomic E-state index is 0. The maximum Gasteiger partial charge on any atom is 0.187 e. The molecule has 0 aromatic rings. The van der Waals surface area contributed by atoms with E-state index in [2.05, 4.69) is 13.8 Å². The molecule has 0 saturated heterocycles. The van der Waals surface area contributed by atoms with Crippen LogP contribution in [0.4, 0.5) is 0 Å². The highest BCUT2D eigenvalue weighted by Crippen LogP contribution is 1.75. The summed E-state index contributed by atoms with van der Waals surface area (Å²) in [6, 6.07) is 0. The van der Waals surface area contributed by atoms with Crippen molar-refractivity contribution in [3.63, 3.8) is 0 Å². The fourth-order valence-electron chi connectivity index (χ4n) is 0. The number of hydrogen-bond acceptors (Lipinski definition) is 0. The van der Waals surface area contributed by atoms with Crippen LogP contribution >= 0.6 is 0 Å². The van der Waals surface area contributed by atoms with E-state index in [0.29, 0.717) is 0 Å². The summed E-state index contributed by atoms with van der Waals surface area (Å²) in [6.07, 6.45) is 2.28. The first-order valence-corrected chi connectivity index (χ1v) is 1.71. The minimum Gasteiger partial charge on any atom is -0.0654 e. The van der Waals surface area contributed by atoms with E-state index in [0.717, 1.165) is 6.42 Å². The van der Waals surface area contributed by atoms with Gasteiger partial charge in [0.15, 0.2) is 17.4 Å². The third-order valence-electron chi connectivity index (χ3n) is 0.354. The van der Waals surface area contributed by atoms with Crippen LogP contribution in [0.15, 0.2) is 0 Å². The van der Waals surface area contributed by atoms with Gasteiger partial charge in [-0.05, 0) is 0 Å². The summed E-state index contributed by atoms with van der Waals surface area (Å²) in [5.41, 5.74) is 0. The lowest BCUT2D eigenvalue weighted by Gasteiger charge is -1.67. The number of unbranched alkanes of at least 4 members (excludes halogenated alkanes) is 1. The largest absolute Gasteiger partial charge is 0.187 e. The van der Waals surface area contributed by atoms with Gasteiger partial charge in [0.1, 0.15) is 0 Å². The molecule has 0 heterocycles. The fourth-order valence-corrected chi connectivity index (χ4v) is 0. The Morgan fingerprint density at radius 3 is 1.80 bits per heavy atom. The molecule has 0 aromatic carbocycles. The van der Waals surface area contributed by atoms with Crippen LogP contribution in [0, 0.1) is 6.92 Å². The van der Waals surface area contributed by atoms with Crippen molar-refractivity contribution in [2.45, 2.75) is 19.8 Å². The maximum atomic E-state index is 3.60. The van der Waals surface area contributed by atoms with Gasteiger partial charge in [-0.2, -0.15) is 0 Å². The number of rotatable bonds is 1. The molecule has 0 unspecified atom stereocenters. The second-order valence-electron chi connectivity index (χ2n) is 0.854. The molecule has 0 aromatic heterocycles. The summed E-state index contributed by atoms with van der Waals surface area (Å²) in [6.45, 7) is 5.72. The van der Waals surface area contributed by atoms with E-state index in [9.17, 15) is 0 Å². The van der Waals surface area contributed by atoms with E-state index in [4.69, 9.17) is 0 Å². The molecule has 0 aliphatic rings. The zero-order valence-corrected chi connectivity index (χ0v) is 3.12. The first-order valence-electron chi connectivity index (χ1n) is 1.71. The van der Waals surface area contributed by atoms with E-state index in [-0.39, 0.29) is 17.4 Å². The lowest BCUT2D eigenvalue weighted by atomic mass is 10.4. The molecule has 0 nitrogen and oxygen atoms in total. The van der Waals surface area contributed by atoms with Gasteiger partial charge >= 0.3 is 0 Å². The topological polar surface area (TPSA) is 0 Å². The summed E-state index contributed by atoms with van der Waals surface area (Å²) in [4.78, 5) is 0. The third kappa shape index (κ3) is 12.4. The molecule has 0 aliphatic heterocycles. The molecular weight excluding hydrogens is 75.0 g/mol. The molecule has 1 radical (unpaired) electrons. The third-order valence-corrected chi connectivity index (χ3v) is 0.354. The highest BCUT2D eigenvalue weighted by Gasteiger charge is 1.56. The summed E-state index contributed by atoms with van der Waals surface area (Å²) < 4.78 is 0. The summed E-state index contributed by atoms with van der Waals surface area (Å²) in [5, 5.41) is 0. The smallest absolute Gasteiger partial charge is 0.0654 e. The van der Waals surface area contributed by atoms with Crippen molar-refractivity contribution in [1.29, 1.82) is 0 Å². The minimum atomic E-state index is 0. The first-order chi connectivity index (χ1) is 1.91. The van der Waals surface area contributed by atoms with Gasteiger partial charge in [-0.1, -0.05) is 26.7 Å². The van der Waals surface area contributed by atoms with E-state index in [1.807, 2.05) is 0 Å². The van der Waals surface area contributed by atoms with Gasteiger partial charge in [-0.25, -0.2) is 0 Å². The van der Waals surface area contributed by atoms with Gasteiger partial charge in [-0.3, -0.25) is 0 Å². The molecule has 0 N–H and O–H groups in total. The first kappa shape index (κ1) is 9.11. The summed E-state index contributed by atoms with van der Waals surface area (Å²) in [7, 11) is 0. The monoisotopic (exact) mass is 87.1 g/mol. The molecule has 5 heavy (non-hydrogen) atoms. The Labute approximate surface area is 44.7 Å². The van der Waals surface area contributed by atoms with Crippen LogP contribution in [0.5, 0.6) is 0 Å². The van der Waals surface area contributed by atoms with E-state index >= 15 is 0 Å². The molecule has 0 aliphatic carbocycles. The van der Waals surface area contributed by atoms with Crippen molar-refractivity contribution < 1.29 is 0 Å². The van der Waals surface area contributed by atoms with Crippen LogP contribution in [0.2, 0.25) is 0 Å². The molecule has 0 atom stereocenters. The average molecular weight is 87.1 g/mol. The highest BCUT2D eigenvalue weighted by atomic mass is 27.0. The van der Waals surface area contributed by atoms with Crippen molar-refractivity contribution >= 4 is 17.4 Å². The predicted octanol–water partition coefficient (Wildman–Crippen LogP) is 0.437. The Bertz CT molecular complexity index is 5.61. The molecule has 0 spiro atoms. The lowest BCUT2D eigenvalue weighted by Crippen LogP contribution is -1.48. The summed E-state index contributed by atoms with van der Waals surface area (Å²) in [5.74, 6) is 0. The van der Waals surface area contributed by atoms with Gasteiger partial charge in [0.05, 0.1) is 0 Å². The van der Waals surface area contributed by atoms with Gasteiger partial charge in [-0.15, -0.1) is 0 Å². The van der Waals surface area contributed by atoms with Gasteiger partial charge in [0.2, 0.25) is 0 Å². The zero-order chi connectivity index (χ0) is 3.41. The van der Waals surface area contributed by atoms with Crippen LogP contribution in [0.25, 0.3) is 0 Å². The lowest BCUT2D eigenvalue weighted by molar-refractivity contribution is 0.956. The predicted molar refractivity (Wildman–Crippen MR) is 30.2 cm³/mol. The highest BCUT2D eigenvalue weighted by molar-refractivity contribution is 5.75. The van der Waals surface area contributed by atoms with Gasteiger partial charge < -0.3 is 0 Å². The molecule has 0 rings (SSSR count). The second kappa shape index (κ2) is 8.82. The molecule has 0 bridgehead atoms. The van der Waals surface area contributed by atoms with Gasteiger partial charge in [0, 0.05) is 0 Å². The number of hydrogen-bond donors (Lipinski definition) is 0. The standard InChI is InChI=1S/C4H9.Al.3H/c1-3-4-2;;;;/h1,3-4H2,2H3;;;;. The second-order valence-corrected chi connectivity index (χ2v) is 0.854. The van der Waals surface area contributed by atoms with Crippen molar-refractivity contribution in [1.82, 2.24) is 0 Å². The van der Waals surface area contributed by atoms with Gasteiger partial charge in [0.25, 0.3) is 0 Å². The molecule has 0 saturated carbocycles. The molecule has 0 amide bonds. The van der Waals surface area contributed by atoms with Crippen LogP contribution in [0.3, 0.4) is 0 Å².